The number of halogens is 1. The molecular formula is C14H15BrN2O. The number of nitrogens with zero attached hydrogens (tertiary/aromatic N) is 1. The highest BCUT2D eigenvalue weighted by atomic mass is 79.9. The van der Waals surface area contributed by atoms with Crippen molar-refractivity contribution < 1.29 is 4.74 Å². The van der Waals surface area contributed by atoms with Crippen LogP contribution in [0, 0.1) is 0 Å². The predicted octanol–water partition coefficient (Wildman–Crippen LogP) is 3.31. The molecule has 94 valence electrons. The maximum atomic E-state index is 5.87. The van der Waals surface area contributed by atoms with Gasteiger partial charge in [-0.3, -0.25) is 4.98 Å². The fourth-order valence-corrected chi connectivity index (χ4v) is 2.33. The Morgan fingerprint density at radius 3 is 2.83 bits per heavy atom. The predicted molar refractivity (Wildman–Crippen MR) is 76.0 cm³/mol. The largest absolute Gasteiger partial charge is 0.455 e. The standard InChI is InChI=1S/C13H10BrNO.CH5N/c14-10-4-6-12-9(8-10)3-5-11-13(16-12)2-1-7-15-11;1-2/h1-2,4,6-8H,3,5H2;2H2,1H3. The first-order valence-electron chi connectivity index (χ1n) is 5.81. The van der Waals surface area contributed by atoms with Crippen LogP contribution in [0.15, 0.2) is 41.0 Å². The molecule has 4 heteroatoms. The van der Waals surface area contributed by atoms with Gasteiger partial charge < -0.3 is 10.5 Å². The topological polar surface area (TPSA) is 48.1 Å². The van der Waals surface area contributed by atoms with Crippen LogP contribution in [0.2, 0.25) is 0 Å². The first-order chi connectivity index (χ1) is 8.83. The first kappa shape index (κ1) is 13.1. The molecule has 0 bridgehead atoms. The zero-order chi connectivity index (χ0) is 13.0. The normalized spacial score (nSPS) is 12.2. The highest BCUT2D eigenvalue weighted by molar-refractivity contribution is 9.10. The quantitative estimate of drug-likeness (QED) is 0.812. The fraction of sp³-hybridized carbons (Fsp3) is 0.214. The van der Waals surface area contributed by atoms with Crippen molar-refractivity contribution in [2.45, 2.75) is 12.8 Å². The number of aromatic nitrogens is 1. The molecule has 1 aliphatic rings. The van der Waals surface area contributed by atoms with Crippen molar-refractivity contribution in [3.05, 3.63) is 52.3 Å². The maximum absolute atomic E-state index is 5.87. The van der Waals surface area contributed by atoms with Crippen LogP contribution >= 0.6 is 15.9 Å². The molecule has 0 saturated heterocycles. The number of hydrogen-bond donors (Lipinski definition) is 1. The average Bonchev–Trinajstić information content (AvgIpc) is 2.60. The lowest BCUT2D eigenvalue weighted by Crippen LogP contribution is -1.91. The molecule has 0 atom stereocenters. The lowest BCUT2D eigenvalue weighted by atomic mass is 10.1. The number of rotatable bonds is 0. The zero-order valence-corrected chi connectivity index (χ0v) is 11.8. The molecule has 1 aliphatic heterocycles. The summed E-state index contributed by atoms with van der Waals surface area (Å²) in [7, 11) is 1.50. The molecule has 0 fully saturated rings. The second kappa shape index (κ2) is 5.98. The molecule has 2 heterocycles. The van der Waals surface area contributed by atoms with Gasteiger partial charge in [-0.1, -0.05) is 15.9 Å². The molecule has 2 N–H and O–H groups in total. The van der Waals surface area contributed by atoms with Crippen LogP contribution in [-0.4, -0.2) is 12.0 Å². The van der Waals surface area contributed by atoms with Crippen molar-refractivity contribution in [2.75, 3.05) is 7.05 Å². The number of hydrogen-bond acceptors (Lipinski definition) is 3. The minimum Gasteiger partial charge on any atom is -0.455 e. The Hall–Kier alpha value is -1.39. The molecule has 3 nitrogen and oxygen atoms in total. The van der Waals surface area contributed by atoms with E-state index in [1.54, 1.807) is 0 Å². The number of pyridine rings is 1. The minimum absolute atomic E-state index is 0.878. The molecular weight excluding hydrogens is 292 g/mol. The van der Waals surface area contributed by atoms with Crippen molar-refractivity contribution in [3.8, 4) is 11.5 Å². The first-order valence-corrected chi connectivity index (χ1v) is 6.60. The second-order valence-corrected chi connectivity index (χ2v) is 4.72. The maximum Gasteiger partial charge on any atom is 0.148 e. The van der Waals surface area contributed by atoms with E-state index in [9.17, 15) is 0 Å². The molecule has 0 saturated carbocycles. The lowest BCUT2D eigenvalue weighted by Gasteiger charge is -2.07. The highest BCUT2D eigenvalue weighted by Crippen LogP contribution is 2.33. The van der Waals surface area contributed by atoms with Gasteiger partial charge in [0.1, 0.15) is 11.5 Å². The van der Waals surface area contributed by atoms with E-state index in [-0.39, 0.29) is 0 Å². The van der Waals surface area contributed by atoms with Gasteiger partial charge in [-0.05, 0) is 55.8 Å². The van der Waals surface area contributed by atoms with Gasteiger partial charge in [0.2, 0.25) is 0 Å². The van der Waals surface area contributed by atoms with Crippen LogP contribution in [-0.2, 0) is 12.8 Å². The lowest BCUT2D eigenvalue weighted by molar-refractivity contribution is 0.476. The molecule has 1 aromatic carbocycles. The van der Waals surface area contributed by atoms with E-state index in [0.717, 1.165) is 34.5 Å². The Labute approximate surface area is 115 Å². The summed E-state index contributed by atoms with van der Waals surface area (Å²) in [5.41, 5.74) is 6.77. The van der Waals surface area contributed by atoms with Crippen molar-refractivity contribution >= 4 is 15.9 Å². The number of nitrogens with two attached hydrogens (primary N) is 1. The van der Waals surface area contributed by atoms with Crippen LogP contribution in [0.4, 0.5) is 0 Å². The van der Waals surface area contributed by atoms with Crippen molar-refractivity contribution in [1.29, 1.82) is 0 Å². The highest BCUT2D eigenvalue weighted by Gasteiger charge is 2.14. The molecule has 2 aromatic rings. The van der Waals surface area contributed by atoms with Crippen LogP contribution < -0.4 is 10.5 Å². The summed E-state index contributed by atoms with van der Waals surface area (Å²) in [6.07, 6.45) is 3.71. The third-order valence-corrected chi connectivity index (χ3v) is 3.22. The minimum atomic E-state index is 0.878. The Bertz CT molecular complexity index is 543. The van der Waals surface area contributed by atoms with Crippen molar-refractivity contribution in [3.63, 3.8) is 0 Å². The van der Waals surface area contributed by atoms with Gasteiger partial charge in [0.15, 0.2) is 0 Å². The number of fused-ring (bicyclic) bond motifs is 2. The number of benzene rings is 1. The van der Waals surface area contributed by atoms with Gasteiger partial charge in [0.05, 0.1) is 5.69 Å². The van der Waals surface area contributed by atoms with E-state index >= 15 is 0 Å². The SMILES string of the molecule is Brc1ccc2c(c1)CCc1ncccc1O2.CN. The molecule has 0 spiro atoms. The van der Waals surface area contributed by atoms with Gasteiger partial charge >= 0.3 is 0 Å². The monoisotopic (exact) mass is 306 g/mol. The van der Waals surface area contributed by atoms with E-state index in [1.807, 2.05) is 30.5 Å². The smallest absolute Gasteiger partial charge is 0.148 e. The van der Waals surface area contributed by atoms with Gasteiger partial charge in [-0.15, -0.1) is 0 Å². The van der Waals surface area contributed by atoms with E-state index < -0.39 is 0 Å². The summed E-state index contributed by atoms with van der Waals surface area (Å²) >= 11 is 3.48. The summed E-state index contributed by atoms with van der Waals surface area (Å²) < 4.78 is 6.97. The van der Waals surface area contributed by atoms with E-state index in [2.05, 4.69) is 32.7 Å². The third kappa shape index (κ3) is 2.71. The summed E-state index contributed by atoms with van der Waals surface area (Å²) in [5, 5.41) is 0. The number of ether oxygens (including phenoxy) is 1. The Balaban J connectivity index is 0.000000574. The molecule has 3 rings (SSSR count). The van der Waals surface area contributed by atoms with E-state index in [4.69, 9.17) is 4.74 Å². The van der Waals surface area contributed by atoms with Gasteiger partial charge in [-0.25, -0.2) is 0 Å². The zero-order valence-electron chi connectivity index (χ0n) is 10.2. The summed E-state index contributed by atoms with van der Waals surface area (Å²) in [6.45, 7) is 0. The van der Waals surface area contributed by atoms with Crippen molar-refractivity contribution in [2.24, 2.45) is 5.73 Å². The van der Waals surface area contributed by atoms with Crippen LogP contribution in [0.5, 0.6) is 11.5 Å². The van der Waals surface area contributed by atoms with Crippen molar-refractivity contribution in [1.82, 2.24) is 4.98 Å². The summed E-state index contributed by atoms with van der Waals surface area (Å²) in [5.74, 6) is 1.82. The third-order valence-electron chi connectivity index (χ3n) is 2.72. The summed E-state index contributed by atoms with van der Waals surface area (Å²) in [6, 6.07) is 9.99. The molecule has 1 aromatic heterocycles. The van der Waals surface area contributed by atoms with E-state index in [0.29, 0.717) is 0 Å². The van der Waals surface area contributed by atoms with E-state index in [1.165, 1.54) is 12.6 Å². The van der Waals surface area contributed by atoms with Gasteiger partial charge in [-0.2, -0.15) is 0 Å². The molecule has 0 aliphatic carbocycles. The van der Waals surface area contributed by atoms with Crippen LogP contribution in [0.1, 0.15) is 11.3 Å². The Morgan fingerprint density at radius 2 is 2.00 bits per heavy atom. The average molecular weight is 307 g/mol. The van der Waals surface area contributed by atoms with Crippen LogP contribution in [0.3, 0.4) is 0 Å². The Kier molecular flexibility index (Phi) is 4.33. The molecule has 0 amide bonds. The molecule has 0 radical (unpaired) electrons. The molecule has 0 unspecified atom stereocenters. The summed E-state index contributed by atoms with van der Waals surface area (Å²) in [4.78, 5) is 4.35. The van der Waals surface area contributed by atoms with Gasteiger partial charge in [0, 0.05) is 10.7 Å². The number of aryl methyl sites for hydroxylation is 2. The van der Waals surface area contributed by atoms with Crippen LogP contribution in [0.25, 0.3) is 0 Å². The second-order valence-electron chi connectivity index (χ2n) is 3.80. The Morgan fingerprint density at radius 1 is 1.17 bits per heavy atom. The molecule has 18 heavy (non-hydrogen) atoms. The van der Waals surface area contributed by atoms with Gasteiger partial charge in [0.25, 0.3) is 0 Å². The fourth-order valence-electron chi connectivity index (χ4n) is 1.92.